The Morgan fingerprint density at radius 3 is 2.64 bits per heavy atom. The monoisotopic (exact) mass is 376 g/mol. The Kier molecular flexibility index (Phi) is 5.41. The molecule has 0 spiro atoms. The molecule has 0 aromatic heterocycles. The summed E-state index contributed by atoms with van der Waals surface area (Å²) in [6.07, 6.45) is 2.43. The lowest BCUT2D eigenvalue weighted by molar-refractivity contribution is -0.134. The molecule has 0 fully saturated rings. The van der Waals surface area contributed by atoms with Crippen molar-refractivity contribution in [3.63, 3.8) is 0 Å². The highest BCUT2D eigenvalue weighted by atomic mass is 35.5. The van der Waals surface area contributed by atoms with E-state index in [-0.39, 0.29) is 23.9 Å². The molecular formula is C19H14Cl2O4. The van der Waals surface area contributed by atoms with Gasteiger partial charge in [-0.3, -0.25) is 9.59 Å². The lowest BCUT2D eigenvalue weighted by Crippen LogP contribution is -2.07. The van der Waals surface area contributed by atoms with Crippen molar-refractivity contribution in [1.82, 2.24) is 0 Å². The minimum atomic E-state index is -0.373. The van der Waals surface area contributed by atoms with Gasteiger partial charge in [0, 0.05) is 23.4 Å². The van der Waals surface area contributed by atoms with Crippen LogP contribution in [0.3, 0.4) is 0 Å². The van der Waals surface area contributed by atoms with Crippen LogP contribution in [0, 0.1) is 0 Å². The number of ether oxygens (including phenoxy) is 2. The molecule has 0 aliphatic carbocycles. The number of carbonyl (C=O) groups is 2. The average molecular weight is 377 g/mol. The van der Waals surface area contributed by atoms with Crippen molar-refractivity contribution in [2.24, 2.45) is 0 Å². The zero-order valence-corrected chi connectivity index (χ0v) is 14.6. The van der Waals surface area contributed by atoms with E-state index < -0.39 is 0 Å². The van der Waals surface area contributed by atoms with Crippen molar-refractivity contribution < 1.29 is 19.1 Å². The van der Waals surface area contributed by atoms with Gasteiger partial charge in [0.05, 0.1) is 5.56 Å². The van der Waals surface area contributed by atoms with Gasteiger partial charge < -0.3 is 9.47 Å². The number of fused-ring (bicyclic) bond motifs is 1. The van der Waals surface area contributed by atoms with Gasteiger partial charge in [0.15, 0.2) is 5.76 Å². The number of hydrogen-bond donors (Lipinski definition) is 0. The first-order chi connectivity index (χ1) is 12.1. The second-order valence-electron chi connectivity index (χ2n) is 5.42. The summed E-state index contributed by atoms with van der Waals surface area (Å²) in [7, 11) is 0. The summed E-state index contributed by atoms with van der Waals surface area (Å²) in [6, 6.07) is 11.7. The second kappa shape index (κ2) is 7.72. The predicted octanol–water partition coefficient (Wildman–Crippen LogP) is 4.88. The number of Topliss-reactive ketones (excluding diaryl/α,β-unsaturated/α-hetero) is 1. The van der Waals surface area contributed by atoms with Crippen molar-refractivity contribution in [3.05, 3.63) is 64.4 Å². The quantitative estimate of drug-likeness (QED) is 0.323. The molecule has 0 amide bonds. The number of esters is 1. The molecule has 0 radical (unpaired) electrons. The summed E-state index contributed by atoms with van der Waals surface area (Å²) in [6.45, 7) is 0. The summed E-state index contributed by atoms with van der Waals surface area (Å²) in [4.78, 5) is 24.1. The van der Waals surface area contributed by atoms with E-state index in [1.807, 2.05) is 0 Å². The molecule has 0 unspecified atom stereocenters. The van der Waals surface area contributed by atoms with Gasteiger partial charge in [-0.05, 0) is 42.3 Å². The molecule has 6 heteroatoms. The highest BCUT2D eigenvalue weighted by Gasteiger charge is 2.28. The van der Waals surface area contributed by atoms with Crippen LogP contribution in [0.1, 0.15) is 28.8 Å². The van der Waals surface area contributed by atoms with Gasteiger partial charge in [-0.15, -0.1) is 11.6 Å². The maximum Gasteiger partial charge on any atom is 0.311 e. The van der Waals surface area contributed by atoms with Gasteiger partial charge in [0.1, 0.15) is 11.5 Å². The van der Waals surface area contributed by atoms with Gasteiger partial charge in [-0.1, -0.05) is 23.7 Å². The first-order valence-corrected chi connectivity index (χ1v) is 8.58. The van der Waals surface area contributed by atoms with Crippen LogP contribution in [0.4, 0.5) is 0 Å². The maximum absolute atomic E-state index is 12.4. The van der Waals surface area contributed by atoms with Crippen LogP contribution in [0.25, 0.3) is 6.08 Å². The van der Waals surface area contributed by atoms with Crippen molar-refractivity contribution >= 4 is 41.0 Å². The highest BCUT2D eigenvalue weighted by molar-refractivity contribution is 6.30. The van der Waals surface area contributed by atoms with Crippen LogP contribution in [0.5, 0.6) is 11.5 Å². The van der Waals surface area contributed by atoms with Gasteiger partial charge in [-0.2, -0.15) is 0 Å². The average Bonchev–Trinajstić information content (AvgIpc) is 2.90. The third kappa shape index (κ3) is 4.21. The summed E-state index contributed by atoms with van der Waals surface area (Å²) in [5, 5.41) is 0.615. The molecule has 1 aliphatic heterocycles. The standard InChI is InChI=1S/C19H14Cl2O4/c20-9-1-2-18(22)24-14-7-8-15-16(11-14)25-17(19(15)23)10-12-3-5-13(21)6-4-12/h3-8,10-11H,1-2,9H2/b17-10-. The summed E-state index contributed by atoms with van der Waals surface area (Å²) in [5.41, 5.74) is 1.23. The van der Waals surface area contributed by atoms with Gasteiger partial charge in [-0.25, -0.2) is 0 Å². The lowest BCUT2D eigenvalue weighted by Gasteiger charge is -2.05. The minimum absolute atomic E-state index is 0.211. The van der Waals surface area contributed by atoms with Crippen molar-refractivity contribution in [2.75, 3.05) is 5.88 Å². The normalized spacial score (nSPS) is 14.3. The SMILES string of the molecule is O=C(CCCCl)Oc1ccc2c(c1)O/C(=C\c1ccc(Cl)cc1)C2=O. The molecule has 2 aromatic rings. The predicted molar refractivity (Wildman–Crippen MR) is 96.4 cm³/mol. The molecular weight excluding hydrogens is 363 g/mol. The fraction of sp³-hybridized carbons (Fsp3) is 0.158. The minimum Gasteiger partial charge on any atom is -0.452 e. The molecule has 0 saturated carbocycles. The Labute approximate surface area is 155 Å². The molecule has 0 saturated heterocycles. The molecule has 1 heterocycles. The van der Waals surface area contributed by atoms with Crippen molar-refractivity contribution in [2.45, 2.75) is 12.8 Å². The zero-order valence-electron chi connectivity index (χ0n) is 13.1. The highest BCUT2D eigenvalue weighted by Crippen LogP contribution is 2.35. The molecule has 1 aliphatic rings. The van der Waals surface area contributed by atoms with E-state index in [9.17, 15) is 9.59 Å². The molecule has 128 valence electrons. The molecule has 25 heavy (non-hydrogen) atoms. The molecule has 3 rings (SSSR count). The Morgan fingerprint density at radius 1 is 1.16 bits per heavy atom. The third-order valence-electron chi connectivity index (χ3n) is 3.56. The van der Waals surface area contributed by atoms with E-state index in [0.29, 0.717) is 34.4 Å². The third-order valence-corrected chi connectivity index (χ3v) is 4.07. The summed E-state index contributed by atoms with van der Waals surface area (Å²) in [5.74, 6) is 0.719. The van der Waals surface area contributed by atoms with E-state index in [2.05, 4.69) is 0 Å². The number of ketones is 1. The van der Waals surface area contributed by atoms with E-state index in [1.165, 1.54) is 6.07 Å². The fourth-order valence-electron chi connectivity index (χ4n) is 2.33. The number of benzene rings is 2. The van der Waals surface area contributed by atoms with Crippen LogP contribution in [0.2, 0.25) is 5.02 Å². The van der Waals surface area contributed by atoms with Crippen LogP contribution in [-0.2, 0) is 4.79 Å². The first kappa shape index (κ1) is 17.5. The lowest BCUT2D eigenvalue weighted by atomic mass is 10.1. The first-order valence-electron chi connectivity index (χ1n) is 7.67. The van der Waals surface area contributed by atoms with Crippen LogP contribution >= 0.6 is 23.2 Å². The van der Waals surface area contributed by atoms with E-state index in [0.717, 1.165) is 5.56 Å². The van der Waals surface area contributed by atoms with E-state index >= 15 is 0 Å². The molecule has 0 bridgehead atoms. The number of alkyl halides is 1. The van der Waals surface area contributed by atoms with Gasteiger partial charge in [0.2, 0.25) is 5.78 Å². The molecule has 0 N–H and O–H groups in total. The Hall–Kier alpha value is -2.30. The smallest absolute Gasteiger partial charge is 0.311 e. The summed E-state index contributed by atoms with van der Waals surface area (Å²) >= 11 is 11.4. The van der Waals surface area contributed by atoms with Crippen LogP contribution < -0.4 is 9.47 Å². The Bertz CT molecular complexity index is 841. The van der Waals surface area contributed by atoms with Crippen LogP contribution in [-0.4, -0.2) is 17.6 Å². The summed E-state index contributed by atoms with van der Waals surface area (Å²) < 4.78 is 10.8. The Balaban J connectivity index is 1.77. The molecule has 2 aromatic carbocycles. The fourth-order valence-corrected chi connectivity index (χ4v) is 2.59. The van der Waals surface area contributed by atoms with Crippen molar-refractivity contribution in [1.29, 1.82) is 0 Å². The number of halogens is 2. The molecule has 0 atom stereocenters. The largest absolute Gasteiger partial charge is 0.452 e. The number of rotatable bonds is 5. The zero-order chi connectivity index (χ0) is 17.8. The maximum atomic E-state index is 12.4. The second-order valence-corrected chi connectivity index (χ2v) is 6.23. The van der Waals surface area contributed by atoms with E-state index in [1.54, 1.807) is 42.5 Å². The van der Waals surface area contributed by atoms with Crippen LogP contribution in [0.15, 0.2) is 48.2 Å². The Morgan fingerprint density at radius 2 is 1.92 bits per heavy atom. The number of allylic oxidation sites excluding steroid dienone is 1. The number of carbonyl (C=O) groups excluding carboxylic acids is 2. The number of hydrogen-bond acceptors (Lipinski definition) is 4. The van der Waals surface area contributed by atoms with Gasteiger partial charge >= 0.3 is 5.97 Å². The van der Waals surface area contributed by atoms with E-state index in [4.69, 9.17) is 32.7 Å². The topological polar surface area (TPSA) is 52.6 Å². The van der Waals surface area contributed by atoms with Gasteiger partial charge in [0.25, 0.3) is 0 Å². The van der Waals surface area contributed by atoms with Crippen molar-refractivity contribution in [3.8, 4) is 11.5 Å². The molecule has 4 nitrogen and oxygen atoms in total.